The third-order valence-electron chi connectivity index (χ3n) is 3.19. The molecule has 0 aliphatic carbocycles. The van der Waals surface area contributed by atoms with Crippen molar-refractivity contribution in [2.24, 2.45) is 10.7 Å². The number of halogens is 5. The first-order valence-corrected chi connectivity index (χ1v) is 7.19. The van der Waals surface area contributed by atoms with Gasteiger partial charge < -0.3 is 10.00 Å². The smallest absolute Gasteiger partial charge is 0.395 e. The number of hydrogen-bond donors (Lipinski definition) is 1. The van der Waals surface area contributed by atoms with Gasteiger partial charge in [0.05, 0.1) is 0 Å². The van der Waals surface area contributed by atoms with Gasteiger partial charge in [-0.1, -0.05) is 18.6 Å². The first kappa shape index (κ1) is 19.2. The van der Waals surface area contributed by atoms with Crippen molar-refractivity contribution in [2.75, 3.05) is 0 Å². The van der Waals surface area contributed by atoms with E-state index in [1.165, 1.54) is 13.8 Å². The van der Waals surface area contributed by atoms with Crippen LogP contribution in [0.15, 0.2) is 4.74 Å². The zero-order valence-electron chi connectivity index (χ0n) is 12.0. The molecule has 0 aromatic heterocycles. The molecule has 1 aromatic carbocycles. The van der Waals surface area contributed by atoms with E-state index in [1.807, 2.05) is 0 Å². The lowest BCUT2D eigenvalue weighted by Crippen LogP contribution is -2.38. The standard InChI is InChI=1S/C12H11F5NO4P/c1-4(2)12(3,11(19)20)18-23(21)22-10-8(16)6(14)5(13)7(15)9(10)17/h4H,1-3H3,(H,19,20)/t12-/m1/s1. The summed E-state index contributed by atoms with van der Waals surface area (Å²) >= 11 is 0. The Balaban J connectivity index is 3.33. The SMILES string of the molecule is CC(C)[C@@](C)(N=[P+]([O-])Oc1c(F)c(F)c(F)c(F)c1F)C(=O)O. The van der Waals surface area contributed by atoms with Gasteiger partial charge in [-0.15, -0.1) is 0 Å². The Morgan fingerprint density at radius 1 is 1.13 bits per heavy atom. The molecule has 0 heterocycles. The van der Waals surface area contributed by atoms with E-state index in [-0.39, 0.29) is 0 Å². The van der Waals surface area contributed by atoms with Crippen molar-refractivity contribution in [1.29, 1.82) is 0 Å². The molecule has 1 aromatic rings. The molecular formula is C12H11F5NO4P. The van der Waals surface area contributed by atoms with E-state index < -0.39 is 60.4 Å². The molecule has 0 amide bonds. The number of carboxylic acid groups (broad SMARTS) is 1. The Morgan fingerprint density at radius 2 is 1.52 bits per heavy atom. The van der Waals surface area contributed by atoms with E-state index in [4.69, 9.17) is 5.11 Å². The number of hydrogen-bond acceptors (Lipinski definition) is 4. The second-order valence-corrected chi connectivity index (χ2v) is 5.79. The number of nitrogens with zero attached hydrogens (tertiary/aromatic N) is 1. The largest absolute Gasteiger partial charge is 0.575 e. The number of rotatable bonds is 5. The summed E-state index contributed by atoms with van der Waals surface area (Å²) < 4.78 is 73.0. The van der Waals surface area contributed by atoms with Crippen molar-refractivity contribution in [2.45, 2.75) is 26.3 Å². The van der Waals surface area contributed by atoms with Gasteiger partial charge in [0.1, 0.15) is 0 Å². The molecule has 0 saturated carbocycles. The van der Waals surface area contributed by atoms with Crippen molar-refractivity contribution in [3.8, 4) is 5.75 Å². The summed E-state index contributed by atoms with van der Waals surface area (Å²) in [4.78, 5) is 22.8. The predicted molar refractivity (Wildman–Crippen MR) is 67.1 cm³/mol. The summed E-state index contributed by atoms with van der Waals surface area (Å²) in [5.74, 6) is -15.6. The normalized spacial score (nSPS) is 14.8. The van der Waals surface area contributed by atoms with Crippen LogP contribution in [0.5, 0.6) is 5.75 Å². The Hall–Kier alpha value is -1.80. The Bertz CT molecular complexity index is 653. The highest BCUT2D eigenvalue weighted by molar-refractivity contribution is 7.34. The number of carboxylic acids is 1. The Kier molecular flexibility index (Phi) is 5.65. The molecule has 0 fully saturated rings. The average Bonchev–Trinajstić information content (AvgIpc) is 2.47. The van der Waals surface area contributed by atoms with Crippen molar-refractivity contribution in [1.82, 2.24) is 0 Å². The summed E-state index contributed by atoms with van der Waals surface area (Å²) in [6.45, 7) is 3.90. The maximum absolute atomic E-state index is 13.4. The molecule has 0 bridgehead atoms. The maximum Gasteiger partial charge on any atom is 0.395 e. The van der Waals surface area contributed by atoms with Crippen LogP contribution in [0, 0.1) is 35.0 Å². The fourth-order valence-electron chi connectivity index (χ4n) is 1.34. The second kappa shape index (κ2) is 6.76. The van der Waals surface area contributed by atoms with Crippen LogP contribution in [0.25, 0.3) is 0 Å². The van der Waals surface area contributed by atoms with Gasteiger partial charge >= 0.3 is 14.1 Å². The molecule has 0 aliphatic heterocycles. The highest BCUT2D eigenvalue weighted by Gasteiger charge is 2.41. The summed E-state index contributed by atoms with van der Waals surface area (Å²) in [5, 5.41) is 9.06. The molecule has 11 heteroatoms. The minimum Gasteiger partial charge on any atom is -0.575 e. The van der Waals surface area contributed by atoms with Gasteiger partial charge in [0.15, 0.2) is 0 Å². The van der Waals surface area contributed by atoms with Gasteiger partial charge in [-0.3, -0.25) is 4.52 Å². The average molecular weight is 359 g/mol. The molecule has 1 rings (SSSR count). The van der Waals surface area contributed by atoms with Crippen LogP contribution in [0.4, 0.5) is 22.0 Å². The summed E-state index contributed by atoms with van der Waals surface area (Å²) in [7, 11) is -3.42. The molecule has 0 spiro atoms. The van der Waals surface area contributed by atoms with E-state index in [1.54, 1.807) is 0 Å². The van der Waals surface area contributed by atoms with E-state index in [0.717, 1.165) is 6.92 Å². The van der Waals surface area contributed by atoms with E-state index in [2.05, 4.69) is 9.27 Å². The molecule has 0 radical (unpaired) electrons. The summed E-state index contributed by atoms with van der Waals surface area (Å²) in [6.07, 6.45) is 0. The molecular weight excluding hydrogens is 348 g/mol. The van der Waals surface area contributed by atoms with Crippen LogP contribution < -0.4 is 9.42 Å². The molecule has 0 aliphatic rings. The van der Waals surface area contributed by atoms with Gasteiger partial charge in [-0.25, -0.2) is 18.0 Å². The highest BCUT2D eigenvalue weighted by Crippen LogP contribution is 2.36. The van der Waals surface area contributed by atoms with Crippen molar-refractivity contribution >= 4 is 14.1 Å². The molecule has 0 saturated heterocycles. The van der Waals surface area contributed by atoms with Gasteiger partial charge in [0, 0.05) is 0 Å². The molecule has 2 atom stereocenters. The van der Waals surface area contributed by atoms with Crippen LogP contribution in [0.2, 0.25) is 0 Å². The molecule has 1 N–H and O–H groups in total. The Labute approximate surface area is 128 Å². The lowest BCUT2D eigenvalue weighted by molar-refractivity contribution is -0.171. The van der Waals surface area contributed by atoms with Gasteiger partial charge in [-0.2, -0.15) is 8.78 Å². The van der Waals surface area contributed by atoms with E-state index in [0.29, 0.717) is 0 Å². The monoisotopic (exact) mass is 359 g/mol. The van der Waals surface area contributed by atoms with Gasteiger partial charge in [0.2, 0.25) is 34.6 Å². The fraction of sp³-hybridized carbons (Fsp3) is 0.417. The van der Waals surface area contributed by atoms with E-state index >= 15 is 0 Å². The predicted octanol–water partition coefficient (Wildman–Crippen LogP) is 3.12. The minimum absolute atomic E-state index is 0.695. The number of aliphatic carboxylic acids is 1. The van der Waals surface area contributed by atoms with Crippen LogP contribution in [0.1, 0.15) is 20.8 Å². The van der Waals surface area contributed by atoms with Crippen LogP contribution in [0.3, 0.4) is 0 Å². The van der Waals surface area contributed by atoms with Crippen LogP contribution in [-0.4, -0.2) is 16.6 Å². The lowest BCUT2D eigenvalue weighted by Gasteiger charge is -2.21. The molecule has 1 unspecified atom stereocenters. The lowest BCUT2D eigenvalue weighted by atomic mass is 9.90. The van der Waals surface area contributed by atoms with Crippen molar-refractivity contribution in [3.63, 3.8) is 0 Å². The first-order chi connectivity index (χ1) is 10.4. The van der Waals surface area contributed by atoms with Crippen LogP contribution >= 0.6 is 8.17 Å². The zero-order valence-corrected chi connectivity index (χ0v) is 12.9. The second-order valence-electron chi connectivity index (χ2n) is 4.94. The van der Waals surface area contributed by atoms with Crippen molar-refractivity contribution in [3.05, 3.63) is 29.1 Å². The van der Waals surface area contributed by atoms with Gasteiger partial charge in [0.25, 0.3) is 5.75 Å². The molecule has 23 heavy (non-hydrogen) atoms. The maximum atomic E-state index is 13.4. The molecule has 5 nitrogen and oxygen atoms in total. The zero-order chi connectivity index (χ0) is 18.1. The quantitative estimate of drug-likeness (QED) is 0.379. The number of carbonyl (C=O) groups is 1. The van der Waals surface area contributed by atoms with Gasteiger partial charge in [-0.05, 0) is 12.8 Å². The topological polar surface area (TPSA) is 82.0 Å². The first-order valence-electron chi connectivity index (χ1n) is 6.06. The third-order valence-corrected chi connectivity index (χ3v) is 4.10. The summed E-state index contributed by atoms with van der Waals surface area (Å²) in [5.41, 5.74) is -1.95. The minimum atomic E-state index is -3.42. The van der Waals surface area contributed by atoms with Crippen LogP contribution in [-0.2, 0) is 4.79 Å². The summed E-state index contributed by atoms with van der Waals surface area (Å²) in [6, 6.07) is 0. The highest BCUT2D eigenvalue weighted by atomic mass is 31.1. The van der Waals surface area contributed by atoms with Crippen molar-refractivity contribution < 1.29 is 41.3 Å². The molecule has 128 valence electrons. The fourth-order valence-corrected chi connectivity index (χ4v) is 2.35. The third kappa shape index (κ3) is 3.59. The van der Waals surface area contributed by atoms with E-state index in [9.17, 15) is 31.6 Å². The Morgan fingerprint density at radius 3 is 1.87 bits per heavy atom. The number of benzene rings is 1.